The molecule has 4 amide bonds. The lowest BCUT2D eigenvalue weighted by Gasteiger charge is -2.54. The van der Waals surface area contributed by atoms with Crippen LogP contribution in [-0.2, 0) is 20.7 Å². The third-order valence-electron chi connectivity index (χ3n) is 6.32. The molecule has 1 aromatic heterocycles. The van der Waals surface area contributed by atoms with Crippen molar-refractivity contribution in [2.24, 2.45) is 5.41 Å². The first kappa shape index (κ1) is 19.7. The zero-order chi connectivity index (χ0) is 21.9. The minimum atomic E-state index is -1.64. The Labute approximate surface area is 176 Å². The minimum Gasteiger partial charge on any atom is -0.374 e. The first-order valence-corrected chi connectivity index (χ1v) is 10.3. The van der Waals surface area contributed by atoms with E-state index in [1.54, 1.807) is 17.9 Å². The SMILES string of the molecule is CCCNc1noc2c(F)c3c(cc12)CC1(C(=O)NC(=O)NC1=O)[C@H]1[C@H](C)OCCN31. The number of imide groups is 2. The summed E-state index contributed by atoms with van der Waals surface area (Å²) in [4.78, 5) is 39.6. The Kier molecular flexibility index (Phi) is 4.40. The third kappa shape index (κ3) is 2.65. The van der Waals surface area contributed by atoms with Gasteiger partial charge in [-0.15, -0.1) is 0 Å². The number of anilines is 2. The van der Waals surface area contributed by atoms with Crippen LogP contribution >= 0.6 is 0 Å². The highest BCUT2D eigenvalue weighted by atomic mass is 19.1. The van der Waals surface area contributed by atoms with E-state index in [9.17, 15) is 14.4 Å². The van der Waals surface area contributed by atoms with E-state index in [4.69, 9.17) is 9.26 Å². The summed E-state index contributed by atoms with van der Waals surface area (Å²) in [6, 6.07) is 0.0422. The number of carbonyl (C=O) groups is 3. The van der Waals surface area contributed by atoms with Crippen molar-refractivity contribution in [2.45, 2.75) is 38.8 Å². The summed E-state index contributed by atoms with van der Waals surface area (Å²) in [7, 11) is 0. The second kappa shape index (κ2) is 6.91. The fraction of sp³-hybridized carbons (Fsp3) is 0.500. The number of fused-ring (bicyclic) bond motifs is 5. The van der Waals surface area contributed by atoms with Gasteiger partial charge in [0, 0.05) is 19.5 Å². The normalized spacial score (nSPS) is 24.6. The van der Waals surface area contributed by atoms with E-state index in [1.807, 2.05) is 6.92 Å². The van der Waals surface area contributed by atoms with Crippen molar-refractivity contribution < 1.29 is 28.0 Å². The smallest absolute Gasteiger partial charge is 0.328 e. The number of halogens is 1. The van der Waals surface area contributed by atoms with E-state index in [0.717, 1.165) is 6.42 Å². The van der Waals surface area contributed by atoms with Gasteiger partial charge >= 0.3 is 6.03 Å². The molecular weight excluding hydrogens is 409 g/mol. The van der Waals surface area contributed by atoms with Gasteiger partial charge in [0.15, 0.2) is 17.1 Å². The van der Waals surface area contributed by atoms with Gasteiger partial charge in [0.05, 0.1) is 29.8 Å². The number of hydrogen-bond acceptors (Lipinski definition) is 8. The molecule has 1 aromatic carbocycles. The molecule has 0 radical (unpaired) electrons. The number of rotatable bonds is 3. The van der Waals surface area contributed by atoms with Crippen molar-refractivity contribution in [1.29, 1.82) is 0 Å². The lowest BCUT2D eigenvalue weighted by molar-refractivity contribution is -0.151. The van der Waals surface area contributed by atoms with Gasteiger partial charge in [0.2, 0.25) is 17.4 Å². The number of nitrogens with zero attached hydrogens (tertiary/aromatic N) is 2. The predicted octanol–water partition coefficient (Wildman–Crippen LogP) is 1.29. The monoisotopic (exact) mass is 431 g/mol. The van der Waals surface area contributed by atoms with Crippen LogP contribution in [0, 0.1) is 11.2 Å². The Hall–Kier alpha value is -3.21. The molecule has 2 atom stereocenters. The number of nitrogens with one attached hydrogen (secondary N) is 3. The van der Waals surface area contributed by atoms with Gasteiger partial charge in [-0.1, -0.05) is 12.1 Å². The third-order valence-corrected chi connectivity index (χ3v) is 6.32. The molecule has 10 nitrogen and oxygen atoms in total. The molecule has 0 aliphatic carbocycles. The van der Waals surface area contributed by atoms with Crippen molar-refractivity contribution >= 4 is 40.3 Å². The van der Waals surface area contributed by atoms with Gasteiger partial charge in [-0.05, 0) is 25.0 Å². The van der Waals surface area contributed by atoms with E-state index in [0.29, 0.717) is 29.9 Å². The van der Waals surface area contributed by atoms with Crippen LogP contribution in [0.25, 0.3) is 11.0 Å². The zero-order valence-corrected chi connectivity index (χ0v) is 17.1. The van der Waals surface area contributed by atoms with E-state index >= 15 is 4.39 Å². The Morgan fingerprint density at radius 1 is 1.32 bits per heavy atom. The molecule has 0 unspecified atom stereocenters. The Morgan fingerprint density at radius 3 is 2.77 bits per heavy atom. The molecule has 2 saturated heterocycles. The van der Waals surface area contributed by atoms with E-state index < -0.39 is 41.2 Å². The molecule has 5 rings (SSSR count). The molecular formula is C20H22FN5O5. The molecule has 4 heterocycles. The molecule has 2 aromatic rings. The molecule has 11 heteroatoms. The summed E-state index contributed by atoms with van der Waals surface area (Å²) >= 11 is 0. The second-order valence-electron chi connectivity index (χ2n) is 8.13. The van der Waals surface area contributed by atoms with Gasteiger partial charge in [0.1, 0.15) is 0 Å². The zero-order valence-electron chi connectivity index (χ0n) is 17.1. The van der Waals surface area contributed by atoms with Crippen LogP contribution in [0.2, 0.25) is 0 Å². The maximum Gasteiger partial charge on any atom is 0.328 e. The fourth-order valence-electron chi connectivity index (χ4n) is 5.03. The van der Waals surface area contributed by atoms with Crippen LogP contribution < -0.4 is 20.9 Å². The van der Waals surface area contributed by atoms with Crippen LogP contribution in [0.4, 0.5) is 20.7 Å². The molecule has 164 valence electrons. The molecule has 3 aliphatic heterocycles. The summed E-state index contributed by atoms with van der Waals surface area (Å²) in [5, 5.41) is 11.9. The van der Waals surface area contributed by atoms with Crippen molar-refractivity contribution in [3.63, 3.8) is 0 Å². The number of hydrogen-bond donors (Lipinski definition) is 3. The first-order valence-electron chi connectivity index (χ1n) is 10.3. The van der Waals surface area contributed by atoms with Crippen LogP contribution in [0.5, 0.6) is 0 Å². The lowest BCUT2D eigenvalue weighted by Crippen LogP contribution is -2.74. The molecule has 0 saturated carbocycles. The van der Waals surface area contributed by atoms with Crippen LogP contribution in [0.15, 0.2) is 10.6 Å². The predicted molar refractivity (Wildman–Crippen MR) is 107 cm³/mol. The Balaban J connectivity index is 1.72. The summed E-state index contributed by atoms with van der Waals surface area (Å²) in [6.07, 6.45) is 0.193. The number of ether oxygens (including phenoxy) is 1. The van der Waals surface area contributed by atoms with Crippen LogP contribution in [0.3, 0.4) is 0 Å². The quantitative estimate of drug-likeness (QED) is 0.621. The van der Waals surface area contributed by atoms with E-state index in [2.05, 4.69) is 21.1 Å². The summed E-state index contributed by atoms with van der Waals surface area (Å²) in [5.41, 5.74) is -0.889. The van der Waals surface area contributed by atoms with Crippen molar-refractivity contribution in [2.75, 3.05) is 29.9 Å². The second-order valence-corrected chi connectivity index (χ2v) is 8.13. The largest absolute Gasteiger partial charge is 0.374 e. The highest BCUT2D eigenvalue weighted by molar-refractivity contribution is 6.20. The topological polar surface area (TPSA) is 126 Å². The minimum absolute atomic E-state index is 0.0129. The van der Waals surface area contributed by atoms with Crippen molar-refractivity contribution in [1.82, 2.24) is 15.8 Å². The van der Waals surface area contributed by atoms with Gasteiger partial charge in [-0.3, -0.25) is 20.2 Å². The average molecular weight is 431 g/mol. The molecule has 0 bridgehead atoms. The fourth-order valence-corrected chi connectivity index (χ4v) is 5.03. The van der Waals surface area contributed by atoms with E-state index in [1.165, 1.54) is 0 Å². The Bertz CT molecular complexity index is 1100. The number of amides is 4. The highest BCUT2D eigenvalue weighted by Gasteiger charge is 2.62. The van der Waals surface area contributed by atoms with Gasteiger partial charge in [-0.2, -0.15) is 0 Å². The van der Waals surface area contributed by atoms with Gasteiger partial charge < -0.3 is 19.5 Å². The van der Waals surface area contributed by atoms with Gasteiger partial charge in [-0.25, -0.2) is 9.18 Å². The number of aromatic nitrogens is 1. The van der Waals surface area contributed by atoms with Crippen LogP contribution in [0.1, 0.15) is 25.8 Å². The number of morpholine rings is 1. The molecule has 31 heavy (non-hydrogen) atoms. The van der Waals surface area contributed by atoms with E-state index in [-0.39, 0.29) is 24.2 Å². The molecule has 3 N–H and O–H groups in total. The number of urea groups is 1. The van der Waals surface area contributed by atoms with Crippen molar-refractivity contribution in [3.05, 3.63) is 17.4 Å². The maximum absolute atomic E-state index is 15.7. The standard InChI is InChI=1S/C20H22FN5O5/c1-3-4-22-16-11-7-10-8-20(17(27)23-19(29)24-18(20)28)15-9(2)30-6-5-26(15)13(10)12(21)14(11)31-25-16/h7,9,15H,3-6,8H2,1-2H3,(H,22,25)(H2,23,24,27,28,29)/t9-,15+/m0/s1. The number of carbonyl (C=O) groups excluding carboxylic acids is 3. The maximum atomic E-state index is 15.7. The van der Waals surface area contributed by atoms with Crippen LogP contribution in [-0.4, -0.2) is 54.8 Å². The first-order chi connectivity index (χ1) is 14.9. The molecule has 3 aliphatic rings. The molecule has 2 fully saturated rings. The van der Waals surface area contributed by atoms with Gasteiger partial charge in [0.25, 0.3) is 0 Å². The summed E-state index contributed by atoms with van der Waals surface area (Å²) < 4.78 is 26.7. The number of barbiturate groups is 1. The highest BCUT2D eigenvalue weighted by Crippen LogP contribution is 2.48. The average Bonchev–Trinajstić information content (AvgIpc) is 3.13. The summed E-state index contributed by atoms with van der Waals surface area (Å²) in [6.45, 7) is 4.92. The molecule has 1 spiro atoms. The Morgan fingerprint density at radius 2 is 2.06 bits per heavy atom. The summed E-state index contributed by atoms with van der Waals surface area (Å²) in [5.74, 6) is -1.62. The number of benzene rings is 1. The lowest BCUT2D eigenvalue weighted by atomic mass is 9.66. The van der Waals surface area contributed by atoms with Crippen molar-refractivity contribution in [3.8, 4) is 0 Å².